The molecule has 1 unspecified atom stereocenters. The molecule has 2 fully saturated rings. The molecule has 2 aliphatic carbocycles. The zero-order valence-electron chi connectivity index (χ0n) is 20.6. The topological polar surface area (TPSA) is 115 Å². The van der Waals surface area contributed by atoms with Crippen LogP contribution in [0.15, 0.2) is 24.1 Å². The molecule has 4 aliphatic rings. The van der Waals surface area contributed by atoms with E-state index in [1.807, 2.05) is 16.8 Å². The van der Waals surface area contributed by atoms with Crippen molar-refractivity contribution in [1.82, 2.24) is 35.5 Å². The van der Waals surface area contributed by atoms with Crippen molar-refractivity contribution < 1.29 is 9.13 Å². The summed E-state index contributed by atoms with van der Waals surface area (Å²) < 4.78 is 22.8. The Morgan fingerprint density at radius 1 is 1.14 bits per heavy atom. The zero-order chi connectivity index (χ0) is 24.4. The molecular weight excluding hydrogens is 449 g/mol. The molecule has 35 heavy (non-hydrogen) atoms. The van der Waals surface area contributed by atoms with Crippen LogP contribution in [0.1, 0.15) is 72.0 Å². The monoisotopic (exact) mass is 481 g/mol. The molecule has 0 bridgehead atoms. The number of fused-ring (bicyclic) bond motifs is 3. The Hall–Kier alpha value is -3.08. The second kappa shape index (κ2) is 7.71. The molecule has 2 aliphatic heterocycles. The standard InChI is InChI=1S/C24H32FN9O/c1-22(2)11-15(12-23(3,4)31-22)27-19-16(25)13-26-21(29-19)28-14-6-7-18-17(10-14)34-20(30-32-33-34)24(35-18)8-5-9-24/h6-7,13-15,31H,5,8-12H2,1-4H3,(H2,26,27,28,29). The largest absolute Gasteiger partial charge is 0.477 e. The van der Waals surface area contributed by atoms with Crippen molar-refractivity contribution in [2.45, 2.75) is 95.0 Å². The maximum Gasteiger partial charge on any atom is 0.225 e. The van der Waals surface area contributed by atoms with E-state index in [4.69, 9.17) is 4.74 Å². The lowest BCUT2D eigenvalue weighted by Gasteiger charge is -2.46. The zero-order valence-corrected chi connectivity index (χ0v) is 20.6. The van der Waals surface area contributed by atoms with Crippen molar-refractivity contribution in [2.24, 2.45) is 0 Å². The van der Waals surface area contributed by atoms with E-state index >= 15 is 0 Å². The van der Waals surface area contributed by atoms with E-state index < -0.39 is 11.4 Å². The summed E-state index contributed by atoms with van der Waals surface area (Å²) in [7, 11) is 0. The van der Waals surface area contributed by atoms with Crippen LogP contribution in [0.4, 0.5) is 16.2 Å². The molecule has 10 nitrogen and oxygen atoms in total. The van der Waals surface area contributed by atoms with Gasteiger partial charge in [-0.05, 0) is 76.3 Å². The average molecular weight is 482 g/mol. The Bertz CT molecular complexity index is 1200. The van der Waals surface area contributed by atoms with Crippen molar-refractivity contribution in [3.8, 4) is 0 Å². The van der Waals surface area contributed by atoms with E-state index in [-0.39, 0.29) is 29.0 Å². The van der Waals surface area contributed by atoms with Crippen LogP contribution in [-0.4, -0.2) is 53.3 Å². The molecule has 2 aromatic rings. The number of nitrogens with zero attached hydrogens (tertiary/aromatic N) is 6. The molecule has 11 heteroatoms. The summed E-state index contributed by atoms with van der Waals surface area (Å²) in [6, 6.07) is -0.0165. The number of hydrogen-bond acceptors (Lipinski definition) is 9. The van der Waals surface area contributed by atoms with Crippen molar-refractivity contribution in [3.63, 3.8) is 0 Å². The molecule has 3 N–H and O–H groups in total. The summed E-state index contributed by atoms with van der Waals surface area (Å²) in [4.78, 5) is 8.67. The number of allylic oxidation sites excluding steroid dienone is 1. The number of aromatic nitrogens is 6. The average Bonchev–Trinajstić information content (AvgIpc) is 3.23. The molecule has 6 rings (SSSR count). The highest BCUT2D eigenvalue weighted by Gasteiger charge is 2.50. The third kappa shape index (κ3) is 4.05. The molecule has 4 heterocycles. The number of rotatable bonds is 4. The van der Waals surface area contributed by atoms with Crippen LogP contribution in [0.25, 0.3) is 5.70 Å². The Morgan fingerprint density at radius 3 is 2.63 bits per heavy atom. The van der Waals surface area contributed by atoms with Gasteiger partial charge in [-0.15, -0.1) is 5.10 Å². The predicted molar refractivity (Wildman–Crippen MR) is 129 cm³/mol. The Morgan fingerprint density at radius 2 is 1.91 bits per heavy atom. The highest BCUT2D eigenvalue weighted by molar-refractivity contribution is 5.59. The van der Waals surface area contributed by atoms with E-state index in [2.05, 4.69) is 69.1 Å². The smallest absolute Gasteiger partial charge is 0.225 e. The van der Waals surface area contributed by atoms with Gasteiger partial charge < -0.3 is 20.7 Å². The second-order valence-corrected chi connectivity index (χ2v) is 11.5. The van der Waals surface area contributed by atoms with Gasteiger partial charge in [-0.3, -0.25) is 0 Å². The van der Waals surface area contributed by atoms with Crippen LogP contribution in [0.3, 0.4) is 0 Å². The lowest BCUT2D eigenvalue weighted by molar-refractivity contribution is -0.0779. The molecule has 2 aromatic heterocycles. The van der Waals surface area contributed by atoms with Crippen LogP contribution in [0.2, 0.25) is 0 Å². The molecule has 1 spiro atoms. The lowest BCUT2D eigenvalue weighted by atomic mass is 9.78. The van der Waals surface area contributed by atoms with Gasteiger partial charge in [0.2, 0.25) is 5.95 Å². The number of hydrogen-bond donors (Lipinski definition) is 3. The molecule has 0 aromatic carbocycles. The van der Waals surface area contributed by atoms with Gasteiger partial charge in [0, 0.05) is 23.5 Å². The normalized spacial score (nSPS) is 25.9. The van der Waals surface area contributed by atoms with Gasteiger partial charge in [0.1, 0.15) is 5.76 Å². The third-order valence-corrected chi connectivity index (χ3v) is 7.37. The van der Waals surface area contributed by atoms with E-state index in [9.17, 15) is 4.39 Å². The molecule has 0 radical (unpaired) electrons. The first-order valence-corrected chi connectivity index (χ1v) is 12.4. The van der Waals surface area contributed by atoms with E-state index in [0.29, 0.717) is 12.4 Å². The highest BCUT2D eigenvalue weighted by Crippen LogP contribution is 2.49. The number of tetrazole rings is 1. The van der Waals surface area contributed by atoms with Gasteiger partial charge in [0.15, 0.2) is 23.1 Å². The lowest BCUT2D eigenvalue weighted by Crippen LogP contribution is -2.60. The maximum absolute atomic E-state index is 14.7. The van der Waals surface area contributed by atoms with Crippen LogP contribution in [0.5, 0.6) is 0 Å². The van der Waals surface area contributed by atoms with Gasteiger partial charge >= 0.3 is 0 Å². The number of halogens is 1. The maximum atomic E-state index is 14.7. The SMILES string of the molecule is CC1(C)CC(Nc2nc(NC3C=CC4=C(C3)n3nnnc3C3(CCC3)O4)ncc2F)CC(C)(C)N1. The van der Waals surface area contributed by atoms with Gasteiger partial charge in [-0.25, -0.2) is 9.37 Å². The van der Waals surface area contributed by atoms with E-state index in [1.54, 1.807) is 0 Å². The number of ether oxygens (including phenoxy) is 1. The van der Waals surface area contributed by atoms with Crippen LogP contribution >= 0.6 is 0 Å². The number of piperidine rings is 1. The first-order valence-electron chi connectivity index (χ1n) is 12.4. The minimum atomic E-state index is -0.460. The minimum Gasteiger partial charge on any atom is -0.477 e. The van der Waals surface area contributed by atoms with Crippen molar-refractivity contribution in [3.05, 3.63) is 35.7 Å². The number of nitrogens with one attached hydrogen (secondary N) is 3. The van der Waals surface area contributed by atoms with Crippen molar-refractivity contribution >= 4 is 17.5 Å². The predicted octanol–water partition coefficient (Wildman–Crippen LogP) is 3.34. The fraction of sp³-hybridized carbons (Fsp3) is 0.625. The molecule has 0 amide bonds. The summed E-state index contributed by atoms with van der Waals surface area (Å²) in [5.74, 6) is 1.70. The fourth-order valence-electron chi connectivity index (χ4n) is 6.11. The molecular formula is C24H32FN9O. The first-order chi connectivity index (χ1) is 16.6. The Kier molecular flexibility index (Phi) is 4.93. The summed E-state index contributed by atoms with van der Waals surface area (Å²) in [5, 5.41) is 22.7. The first kappa shape index (κ1) is 22.4. The fourth-order valence-corrected chi connectivity index (χ4v) is 6.11. The van der Waals surface area contributed by atoms with Gasteiger partial charge in [0.05, 0.1) is 17.9 Å². The van der Waals surface area contributed by atoms with Crippen molar-refractivity contribution in [2.75, 3.05) is 10.6 Å². The Balaban J connectivity index is 1.18. The third-order valence-electron chi connectivity index (χ3n) is 7.37. The van der Waals surface area contributed by atoms with Gasteiger partial charge in [0.25, 0.3) is 0 Å². The molecule has 186 valence electrons. The molecule has 1 saturated carbocycles. The van der Waals surface area contributed by atoms with E-state index in [1.165, 1.54) is 6.20 Å². The quantitative estimate of drug-likeness (QED) is 0.605. The summed E-state index contributed by atoms with van der Waals surface area (Å²) in [5.41, 5.74) is 0.391. The second-order valence-electron chi connectivity index (χ2n) is 11.5. The minimum absolute atomic E-state index is 0.0580. The molecule has 1 saturated heterocycles. The summed E-state index contributed by atoms with van der Waals surface area (Å²) in [6.45, 7) is 8.67. The Labute approximate surface area is 203 Å². The summed E-state index contributed by atoms with van der Waals surface area (Å²) in [6.07, 6.45) is 10.5. The van der Waals surface area contributed by atoms with Gasteiger partial charge in [-0.1, -0.05) is 6.08 Å². The van der Waals surface area contributed by atoms with Gasteiger partial charge in [-0.2, -0.15) is 9.67 Å². The van der Waals surface area contributed by atoms with Crippen LogP contribution in [-0.2, 0) is 10.3 Å². The van der Waals surface area contributed by atoms with E-state index in [0.717, 1.165) is 49.4 Å². The molecule has 1 atom stereocenters. The van der Waals surface area contributed by atoms with Crippen LogP contribution < -0.4 is 16.0 Å². The van der Waals surface area contributed by atoms with Crippen LogP contribution in [0, 0.1) is 5.82 Å². The summed E-state index contributed by atoms with van der Waals surface area (Å²) >= 11 is 0. The highest BCUT2D eigenvalue weighted by atomic mass is 19.1. The van der Waals surface area contributed by atoms with Crippen molar-refractivity contribution in [1.29, 1.82) is 0 Å². The number of anilines is 2.